The van der Waals surface area contributed by atoms with Gasteiger partial charge in [0, 0.05) is 23.5 Å². The first-order chi connectivity index (χ1) is 8.13. The first-order valence-electron chi connectivity index (χ1n) is 4.62. The summed E-state index contributed by atoms with van der Waals surface area (Å²) in [4.78, 5) is 3.96. The first kappa shape index (κ1) is 12.2. The fourth-order valence-corrected chi connectivity index (χ4v) is 2.18. The largest absolute Gasteiger partial charge is 0.263 e. The predicted molar refractivity (Wildman–Crippen MR) is 69.4 cm³/mol. The molecule has 0 fully saturated rings. The van der Waals surface area contributed by atoms with Crippen molar-refractivity contribution in [3.05, 3.63) is 51.2 Å². The normalized spacial score (nSPS) is 10.0. The standard InChI is InChI=1S/C12H5Cl3N2/c13-9-1-2-10(14)12(15)11(9)8-3-7(4-16)5-17-6-8/h1-3,5-6H. The van der Waals surface area contributed by atoms with E-state index in [1.54, 1.807) is 24.4 Å². The van der Waals surface area contributed by atoms with Crippen LogP contribution in [-0.4, -0.2) is 4.98 Å². The van der Waals surface area contributed by atoms with Gasteiger partial charge in [0.15, 0.2) is 0 Å². The van der Waals surface area contributed by atoms with Gasteiger partial charge in [-0.2, -0.15) is 5.26 Å². The zero-order valence-corrected chi connectivity index (χ0v) is 10.7. The van der Waals surface area contributed by atoms with Crippen molar-refractivity contribution in [3.63, 3.8) is 0 Å². The number of halogens is 3. The van der Waals surface area contributed by atoms with E-state index in [2.05, 4.69) is 4.98 Å². The van der Waals surface area contributed by atoms with Crippen LogP contribution in [-0.2, 0) is 0 Å². The van der Waals surface area contributed by atoms with Gasteiger partial charge in [0.2, 0.25) is 0 Å². The highest BCUT2D eigenvalue weighted by atomic mass is 35.5. The summed E-state index contributed by atoms with van der Waals surface area (Å²) in [7, 11) is 0. The van der Waals surface area contributed by atoms with Crippen LogP contribution in [0.15, 0.2) is 30.6 Å². The molecule has 0 atom stereocenters. The third-order valence-electron chi connectivity index (χ3n) is 2.20. The zero-order valence-electron chi connectivity index (χ0n) is 8.42. The Morgan fingerprint density at radius 2 is 1.76 bits per heavy atom. The quantitative estimate of drug-likeness (QED) is 0.718. The average Bonchev–Trinajstić information content (AvgIpc) is 2.35. The van der Waals surface area contributed by atoms with Crippen molar-refractivity contribution in [2.24, 2.45) is 0 Å². The highest BCUT2D eigenvalue weighted by Crippen LogP contribution is 2.38. The minimum Gasteiger partial charge on any atom is -0.263 e. The lowest BCUT2D eigenvalue weighted by atomic mass is 10.1. The van der Waals surface area contributed by atoms with Crippen molar-refractivity contribution in [2.45, 2.75) is 0 Å². The molecule has 0 amide bonds. The Morgan fingerprint density at radius 3 is 2.47 bits per heavy atom. The molecule has 0 aliphatic rings. The molecule has 0 radical (unpaired) electrons. The summed E-state index contributed by atoms with van der Waals surface area (Å²) in [5, 5.41) is 10.1. The van der Waals surface area contributed by atoms with Crippen molar-refractivity contribution >= 4 is 34.8 Å². The average molecular weight is 284 g/mol. The molecule has 5 heteroatoms. The van der Waals surface area contributed by atoms with Crippen LogP contribution < -0.4 is 0 Å². The molecular formula is C12H5Cl3N2. The molecule has 1 heterocycles. The van der Waals surface area contributed by atoms with Crippen molar-refractivity contribution in [1.29, 1.82) is 5.26 Å². The summed E-state index contributed by atoms with van der Waals surface area (Å²) in [6, 6.07) is 6.95. The number of aromatic nitrogens is 1. The van der Waals surface area contributed by atoms with Crippen molar-refractivity contribution in [3.8, 4) is 17.2 Å². The van der Waals surface area contributed by atoms with E-state index in [0.29, 0.717) is 31.8 Å². The van der Waals surface area contributed by atoms with Gasteiger partial charge in [-0.1, -0.05) is 34.8 Å². The Hall–Kier alpha value is -1.27. The van der Waals surface area contributed by atoms with Gasteiger partial charge in [-0.25, -0.2) is 0 Å². The van der Waals surface area contributed by atoms with Gasteiger partial charge in [0.25, 0.3) is 0 Å². The molecule has 0 unspecified atom stereocenters. The van der Waals surface area contributed by atoms with Gasteiger partial charge in [-0.05, 0) is 18.2 Å². The third kappa shape index (κ3) is 2.37. The van der Waals surface area contributed by atoms with Crippen molar-refractivity contribution in [1.82, 2.24) is 4.98 Å². The zero-order chi connectivity index (χ0) is 12.4. The lowest BCUT2D eigenvalue weighted by Gasteiger charge is -2.08. The smallest absolute Gasteiger partial charge is 0.101 e. The van der Waals surface area contributed by atoms with Crippen LogP contribution in [0, 0.1) is 11.3 Å². The highest BCUT2D eigenvalue weighted by molar-refractivity contribution is 6.46. The summed E-state index contributed by atoms with van der Waals surface area (Å²) in [5.41, 5.74) is 1.70. The Balaban J connectivity index is 2.68. The van der Waals surface area contributed by atoms with Crippen LogP contribution in [0.5, 0.6) is 0 Å². The van der Waals surface area contributed by atoms with Gasteiger partial charge in [0.1, 0.15) is 6.07 Å². The molecule has 0 saturated heterocycles. The maximum absolute atomic E-state index is 8.82. The van der Waals surface area contributed by atoms with Crippen LogP contribution in [0.2, 0.25) is 15.1 Å². The second-order valence-corrected chi connectivity index (χ2v) is 4.48. The molecule has 2 aromatic rings. The van der Waals surface area contributed by atoms with Gasteiger partial charge < -0.3 is 0 Å². The molecule has 2 rings (SSSR count). The minimum absolute atomic E-state index is 0.357. The fraction of sp³-hybridized carbons (Fsp3) is 0. The van der Waals surface area contributed by atoms with E-state index in [4.69, 9.17) is 40.1 Å². The van der Waals surface area contributed by atoms with E-state index in [0.717, 1.165) is 0 Å². The van der Waals surface area contributed by atoms with E-state index >= 15 is 0 Å². The number of nitriles is 1. The highest BCUT2D eigenvalue weighted by Gasteiger charge is 2.12. The predicted octanol–water partition coefficient (Wildman–Crippen LogP) is 4.58. The molecule has 0 aliphatic carbocycles. The lowest BCUT2D eigenvalue weighted by Crippen LogP contribution is -1.86. The number of nitrogens with zero attached hydrogens (tertiary/aromatic N) is 2. The van der Waals surface area contributed by atoms with E-state index in [1.165, 1.54) is 6.20 Å². The van der Waals surface area contributed by atoms with Crippen LogP contribution in [0.25, 0.3) is 11.1 Å². The molecule has 0 N–H and O–H groups in total. The Bertz CT molecular complexity index is 618. The second kappa shape index (κ2) is 4.93. The molecule has 0 bridgehead atoms. The van der Waals surface area contributed by atoms with Crippen LogP contribution in [0.3, 0.4) is 0 Å². The molecular weight excluding hydrogens is 279 g/mol. The van der Waals surface area contributed by atoms with Gasteiger partial charge >= 0.3 is 0 Å². The van der Waals surface area contributed by atoms with Crippen molar-refractivity contribution in [2.75, 3.05) is 0 Å². The number of rotatable bonds is 1. The Labute approximate surface area is 113 Å². The first-order valence-corrected chi connectivity index (χ1v) is 5.76. The molecule has 1 aromatic heterocycles. The molecule has 1 aromatic carbocycles. The fourth-order valence-electron chi connectivity index (χ4n) is 1.43. The monoisotopic (exact) mass is 282 g/mol. The van der Waals surface area contributed by atoms with E-state index in [9.17, 15) is 0 Å². The number of benzene rings is 1. The lowest BCUT2D eigenvalue weighted by molar-refractivity contribution is 1.30. The van der Waals surface area contributed by atoms with Crippen LogP contribution >= 0.6 is 34.8 Å². The summed E-state index contributed by atoms with van der Waals surface area (Å²) in [6.07, 6.45) is 3.06. The van der Waals surface area contributed by atoms with Crippen LogP contribution in [0.1, 0.15) is 5.56 Å². The van der Waals surface area contributed by atoms with Crippen LogP contribution in [0.4, 0.5) is 0 Å². The maximum atomic E-state index is 8.82. The number of hydrogen-bond acceptors (Lipinski definition) is 2. The number of hydrogen-bond donors (Lipinski definition) is 0. The molecule has 84 valence electrons. The van der Waals surface area contributed by atoms with Gasteiger partial charge in [-0.15, -0.1) is 0 Å². The topological polar surface area (TPSA) is 36.7 Å². The van der Waals surface area contributed by atoms with E-state index < -0.39 is 0 Å². The number of pyridine rings is 1. The summed E-state index contributed by atoms with van der Waals surface area (Å²) < 4.78 is 0. The minimum atomic E-state index is 0.357. The third-order valence-corrected chi connectivity index (χ3v) is 3.32. The summed E-state index contributed by atoms with van der Waals surface area (Å²) in [5.74, 6) is 0. The Kier molecular flexibility index (Phi) is 3.54. The Morgan fingerprint density at radius 1 is 1.06 bits per heavy atom. The molecule has 0 saturated carbocycles. The molecule has 0 spiro atoms. The SMILES string of the molecule is N#Cc1cncc(-c2c(Cl)ccc(Cl)c2Cl)c1. The summed E-state index contributed by atoms with van der Waals surface area (Å²) in [6.45, 7) is 0. The van der Waals surface area contributed by atoms with Crippen molar-refractivity contribution < 1.29 is 0 Å². The molecule has 0 aliphatic heterocycles. The second-order valence-electron chi connectivity index (χ2n) is 3.29. The van der Waals surface area contributed by atoms with Gasteiger partial charge in [-0.3, -0.25) is 4.98 Å². The van der Waals surface area contributed by atoms with E-state index in [-0.39, 0.29) is 0 Å². The molecule has 17 heavy (non-hydrogen) atoms. The summed E-state index contributed by atoms with van der Waals surface area (Å²) >= 11 is 18.1. The van der Waals surface area contributed by atoms with Gasteiger partial charge in [0.05, 0.1) is 20.6 Å². The molecule has 2 nitrogen and oxygen atoms in total. The van der Waals surface area contributed by atoms with E-state index in [1.807, 2.05) is 6.07 Å². The maximum Gasteiger partial charge on any atom is 0.101 e.